The molecule has 3 rings (SSSR count). The Kier molecular flexibility index (Phi) is 7.32. The van der Waals surface area contributed by atoms with Gasteiger partial charge in [0.05, 0.1) is 30.1 Å². The average molecular weight is 415 g/mol. The van der Waals surface area contributed by atoms with Crippen LogP contribution in [0.3, 0.4) is 0 Å². The molecular formula is C22H29N3O5. The smallest absolute Gasteiger partial charge is 0.409 e. The number of hydrogen-bond acceptors (Lipinski definition) is 6. The molecule has 8 heteroatoms. The van der Waals surface area contributed by atoms with Gasteiger partial charge in [0.1, 0.15) is 6.61 Å². The van der Waals surface area contributed by atoms with Crippen LogP contribution in [0.5, 0.6) is 0 Å². The van der Waals surface area contributed by atoms with Crippen molar-refractivity contribution in [1.29, 1.82) is 0 Å². The lowest BCUT2D eigenvalue weighted by Crippen LogP contribution is -2.50. The SMILES string of the molecule is C=CCOC(=O)c1ccc2c(c1)NC(=O)CN2C1CCN(C(=O)OCCCC)CC1. The summed E-state index contributed by atoms with van der Waals surface area (Å²) in [4.78, 5) is 40.3. The van der Waals surface area contributed by atoms with Crippen LogP contribution >= 0.6 is 0 Å². The standard InChI is InChI=1S/C22H29N3O5/c1-3-5-13-30-22(28)24-10-8-17(9-11-24)25-15-20(26)23-18-14-16(6-7-19(18)25)21(27)29-12-4-2/h4,6-7,14,17H,2-3,5,8-13,15H2,1H3,(H,23,26). The highest BCUT2D eigenvalue weighted by Crippen LogP contribution is 2.34. The molecule has 2 amide bonds. The first-order valence-electron chi connectivity index (χ1n) is 10.4. The van der Waals surface area contributed by atoms with E-state index in [0.717, 1.165) is 31.4 Å². The van der Waals surface area contributed by atoms with Gasteiger partial charge in [0.2, 0.25) is 5.91 Å². The Morgan fingerprint density at radius 1 is 1.27 bits per heavy atom. The Balaban J connectivity index is 1.65. The van der Waals surface area contributed by atoms with Crippen molar-refractivity contribution in [3.63, 3.8) is 0 Å². The molecule has 30 heavy (non-hydrogen) atoms. The molecule has 0 atom stereocenters. The van der Waals surface area contributed by atoms with Crippen molar-refractivity contribution in [2.75, 3.05) is 43.1 Å². The monoisotopic (exact) mass is 415 g/mol. The van der Waals surface area contributed by atoms with E-state index in [1.54, 1.807) is 17.0 Å². The third-order valence-corrected chi connectivity index (χ3v) is 5.35. The Bertz CT molecular complexity index is 802. The quantitative estimate of drug-likeness (QED) is 0.418. The molecule has 162 valence electrons. The van der Waals surface area contributed by atoms with Gasteiger partial charge in [-0.3, -0.25) is 4.79 Å². The summed E-state index contributed by atoms with van der Waals surface area (Å²) < 4.78 is 10.4. The first-order chi connectivity index (χ1) is 14.5. The predicted molar refractivity (Wildman–Crippen MR) is 114 cm³/mol. The zero-order valence-corrected chi connectivity index (χ0v) is 17.4. The molecule has 0 radical (unpaired) electrons. The van der Waals surface area contributed by atoms with Crippen molar-refractivity contribution in [3.05, 3.63) is 36.4 Å². The van der Waals surface area contributed by atoms with Gasteiger partial charge >= 0.3 is 12.1 Å². The lowest BCUT2D eigenvalue weighted by Gasteiger charge is -2.41. The highest BCUT2D eigenvalue weighted by atomic mass is 16.6. The minimum Gasteiger partial charge on any atom is -0.458 e. The highest BCUT2D eigenvalue weighted by Gasteiger charge is 2.32. The van der Waals surface area contributed by atoms with Crippen LogP contribution in [0.25, 0.3) is 0 Å². The lowest BCUT2D eigenvalue weighted by molar-refractivity contribution is -0.115. The van der Waals surface area contributed by atoms with Gasteiger partial charge in [0.25, 0.3) is 0 Å². The molecule has 2 heterocycles. The molecular weight excluding hydrogens is 386 g/mol. The van der Waals surface area contributed by atoms with Crippen LogP contribution in [0.2, 0.25) is 0 Å². The summed E-state index contributed by atoms with van der Waals surface area (Å²) in [7, 11) is 0. The molecule has 0 unspecified atom stereocenters. The van der Waals surface area contributed by atoms with E-state index in [9.17, 15) is 14.4 Å². The third kappa shape index (κ3) is 5.11. The summed E-state index contributed by atoms with van der Waals surface area (Å²) in [5, 5.41) is 2.84. The van der Waals surface area contributed by atoms with Gasteiger partial charge in [-0.1, -0.05) is 26.0 Å². The van der Waals surface area contributed by atoms with Crippen LogP contribution in [0.15, 0.2) is 30.9 Å². The second kappa shape index (κ2) is 10.1. The van der Waals surface area contributed by atoms with E-state index >= 15 is 0 Å². The van der Waals surface area contributed by atoms with E-state index in [1.807, 2.05) is 6.07 Å². The first kappa shape index (κ1) is 21.7. The first-order valence-corrected chi connectivity index (χ1v) is 10.4. The summed E-state index contributed by atoms with van der Waals surface area (Å²) in [6.45, 7) is 7.60. The molecule has 2 aliphatic rings. The molecule has 1 N–H and O–H groups in total. The molecule has 8 nitrogen and oxygen atoms in total. The van der Waals surface area contributed by atoms with Gasteiger partial charge in [-0.15, -0.1) is 0 Å². The molecule has 2 aliphatic heterocycles. The number of carbonyl (C=O) groups is 3. The Morgan fingerprint density at radius 2 is 2.03 bits per heavy atom. The van der Waals surface area contributed by atoms with E-state index in [2.05, 4.69) is 23.7 Å². The van der Waals surface area contributed by atoms with Gasteiger partial charge < -0.3 is 24.6 Å². The van der Waals surface area contributed by atoms with Gasteiger partial charge in [0, 0.05) is 19.1 Å². The minimum atomic E-state index is -0.459. The Morgan fingerprint density at radius 3 is 2.73 bits per heavy atom. The molecule has 0 aliphatic carbocycles. The fourth-order valence-corrected chi connectivity index (χ4v) is 3.74. The predicted octanol–water partition coefficient (Wildman–Crippen LogP) is 3.19. The minimum absolute atomic E-state index is 0.125. The Hall–Kier alpha value is -3.03. The number of unbranched alkanes of at least 4 members (excludes halogenated alkanes) is 1. The van der Waals surface area contributed by atoms with Gasteiger partial charge in [-0.2, -0.15) is 0 Å². The second-order valence-corrected chi connectivity index (χ2v) is 7.48. The number of rotatable bonds is 7. The largest absolute Gasteiger partial charge is 0.458 e. The van der Waals surface area contributed by atoms with E-state index in [4.69, 9.17) is 9.47 Å². The third-order valence-electron chi connectivity index (χ3n) is 5.35. The summed E-state index contributed by atoms with van der Waals surface area (Å²) in [5.74, 6) is -0.584. The number of carbonyl (C=O) groups excluding carboxylic acids is 3. The average Bonchev–Trinajstić information content (AvgIpc) is 2.76. The van der Waals surface area contributed by atoms with Gasteiger partial charge in [0.15, 0.2) is 0 Å². The zero-order valence-electron chi connectivity index (χ0n) is 17.4. The topological polar surface area (TPSA) is 88.2 Å². The molecule has 0 spiro atoms. The number of fused-ring (bicyclic) bond motifs is 1. The molecule has 0 bridgehead atoms. The van der Waals surface area contributed by atoms with Crippen LogP contribution in [0, 0.1) is 0 Å². The lowest BCUT2D eigenvalue weighted by atomic mass is 10.0. The van der Waals surface area contributed by atoms with Crippen LogP contribution in [0.4, 0.5) is 16.2 Å². The van der Waals surface area contributed by atoms with Crippen molar-refractivity contribution < 1.29 is 23.9 Å². The number of piperidine rings is 1. The summed E-state index contributed by atoms with van der Waals surface area (Å²) in [5.41, 5.74) is 1.85. The van der Waals surface area contributed by atoms with E-state index < -0.39 is 5.97 Å². The number of hydrogen-bond donors (Lipinski definition) is 1. The number of amides is 2. The van der Waals surface area contributed by atoms with Gasteiger partial charge in [-0.25, -0.2) is 9.59 Å². The number of likely N-dealkylation sites (tertiary alicyclic amines) is 1. The van der Waals surface area contributed by atoms with Gasteiger partial charge in [-0.05, 0) is 37.5 Å². The number of nitrogens with zero attached hydrogens (tertiary/aromatic N) is 2. The maximum absolute atomic E-state index is 12.3. The number of esters is 1. The number of nitrogens with one attached hydrogen (secondary N) is 1. The van der Waals surface area contributed by atoms with Crippen LogP contribution in [0.1, 0.15) is 43.0 Å². The van der Waals surface area contributed by atoms with Crippen molar-refractivity contribution in [2.45, 2.75) is 38.6 Å². The highest BCUT2D eigenvalue weighted by molar-refractivity contribution is 6.03. The van der Waals surface area contributed by atoms with E-state index in [0.29, 0.717) is 30.9 Å². The molecule has 1 aromatic rings. The normalized spacial score (nSPS) is 16.5. The zero-order chi connectivity index (χ0) is 21.5. The summed E-state index contributed by atoms with van der Waals surface area (Å²) >= 11 is 0. The van der Waals surface area contributed by atoms with E-state index in [-0.39, 0.29) is 31.2 Å². The van der Waals surface area contributed by atoms with Crippen LogP contribution in [-0.2, 0) is 14.3 Å². The fraction of sp³-hybridized carbons (Fsp3) is 0.500. The summed E-state index contributed by atoms with van der Waals surface area (Å²) in [6.07, 6.45) is 4.59. The second-order valence-electron chi connectivity index (χ2n) is 7.48. The maximum Gasteiger partial charge on any atom is 0.409 e. The van der Waals surface area contributed by atoms with Crippen molar-refractivity contribution in [1.82, 2.24) is 4.90 Å². The van der Waals surface area contributed by atoms with Crippen molar-refractivity contribution in [3.8, 4) is 0 Å². The molecule has 1 saturated heterocycles. The fourth-order valence-electron chi connectivity index (χ4n) is 3.74. The number of ether oxygens (including phenoxy) is 2. The number of benzene rings is 1. The molecule has 0 aromatic heterocycles. The van der Waals surface area contributed by atoms with Crippen LogP contribution < -0.4 is 10.2 Å². The molecule has 0 saturated carbocycles. The van der Waals surface area contributed by atoms with E-state index in [1.165, 1.54) is 6.08 Å². The van der Waals surface area contributed by atoms with Crippen molar-refractivity contribution >= 4 is 29.3 Å². The van der Waals surface area contributed by atoms with Crippen LogP contribution in [-0.4, -0.2) is 61.8 Å². The van der Waals surface area contributed by atoms with Crippen molar-refractivity contribution in [2.24, 2.45) is 0 Å². The Labute approximate surface area is 176 Å². The molecule has 1 fully saturated rings. The number of anilines is 2. The maximum atomic E-state index is 12.3. The summed E-state index contributed by atoms with van der Waals surface area (Å²) in [6, 6.07) is 5.32. The molecule has 1 aromatic carbocycles.